The van der Waals surface area contributed by atoms with E-state index in [1.807, 2.05) is 12.1 Å². The summed E-state index contributed by atoms with van der Waals surface area (Å²) in [7, 11) is 0. The lowest BCUT2D eigenvalue weighted by Gasteiger charge is -2.21. The highest BCUT2D eigenvalue weighted by Gasteiger charge is 2.23. The third-order valence-electron chi connectivity index (χ3n) is 3.21. The molecule has 1 atom stereocenters. The Morgan fingerprint density at radius 1 is 1.32 bits per heavy atom. The summed E-state index contributed by atoms with van der Waals surface area (Å²) in [6, 6.07) is 5.61. The number of nitrogens with one attached hydrogen (secondary N) is 2. The first-order chi connectivity index (χ1) is 8.84. The maximum atomic E-state index is 12.2. The Kier molecular flexibility index (Phi) is 4.50. The summed E-state index contributed by atoms with van der Waals surface area (Å²) in [4.78, 5) is 12.2. The summed E-state index contributed by atoms with van der Waals surface area (Å²) < 4.78 is 11.0. The molecule has 0 radical (unpaired) electrons. The molecule has 104 valence electrons. The van der Waals surface area contributed by atoms with E-state index in [4.69, 9.17) is 9.47 Å². The standard InChI is InChI=1S/C13H16N2O3.ClH/c16-13(15-9-4-5-14-8-9)10-2-1-3-11-12(10)18-7-6-17-11;/h1-3,9,14H,4-8H2,(H,15,16);1H/t9-;/m0./s1. The van der Waals surface area contributed by atoms with Crippen molar-refractivity contribution in [3.63, 3.8) is 0 Å². The van der Waals surface area contributed by atoms with E-state index in [2.05, 4.69) is 10.6 Å². The summed E-state index contributed by atoms with van der Waals surface area (Å²) in [6.07, 6.45) is 0.970. The van der Waals surface area contributed by atoms with Gasteiger partial charge in [0.1, 0.15) is 13.2 Å². The van der Waals surface area contributed by atoms with Gasteiger partial charge in [-0.25, -0.2) is 0 Å². The molecule has 0 spiro atoms. The molecule has 19 heavy (non-hydrogen) atoms. The second kappa shape index (κ2) is 6.12. The van der Waals surface area contributed by atoms with Crippen molar-refractivity contribution < 1.29 is 14.3 Å². The van der Waals surface area contributed by atoms with Gasteiger partial charge in [0.2, 0.25) is 0 Å². The Bertz CT molecular complexity index is 461. The molecule has 1 amide bonds. The van der Waals surface area contributed by atoms with E-state index in [0.717, 1.165) is 19.5 Å². The van der Waals surface area contributed by atoms with E-state index in [0.29, 0.717) is 30.3 Å². The number of halogens is 1. The van der Waals surface area contributed by atoms with Gasteiger partial charge in [0.15, 0.2) is 11.5 Å². The van der Waals surface area contributed by atoms with Gasteiger partial charge in [-0.15, -0.1) is 12.4 Å². The minimum absolute atomic E-state index is 0. The quantitative estimate of drug-likeness (QED) is 0.850. The first-order valence-corrected chi connectivity index (χ1v) is 6.25. The van der Waals surface area contributed by atoms with Crippen LogP contribution in [0, 0.1) is 0 Å². The number of carbonyl (C=O) groups is 1. The largest absolute Gasteiger partial charge is 0.486 e. The number of hydrogen-bond donors (Lipinski definition) is 2. The van der Waals surface area contributed by atoms with Gasteiger partial charge in [-0.2, -0.15) is 0 Å². The number of fused-ring (bicyclic) bond motifs is 1. The number of benzene rings is 1. The molecule has 2 heterocycles. The maximum absolute atomic E-state index is 12.2. The number of carbonyl (C=O) groups excluding carboxylic acids is 1. The lowest BCUT2D eigenvalue weighted by molar-refractivity contribution is 0.0929. The fourth-order valence-corrected chi connectivity index (χ4v) is 2.29. The lowest BCUT2D eigenvalue weighted by atomic mass is 10.1. The van der Waals surface area contributed by atoms with Crippen LogP contribution in [0.4, 0.5) is 0 Å². The molecule has 2 aliphatic rings. The topological polar surface area (TPSA) is 59.6 Å². The Labute approximate surface area is 118 Å². The first kappa shape index (κ1) is 14.0. The summed E-state index contributed by atoms with van der Waals surface area (Å²) >= 11 is 0. The van der Waals surface area contributed by atoms with Crippen LogP contribution in [0.25, 0.3) is 0 Å². The molecule has 0 aliphatic carbocycles. The molecular weight excluding hydrogens is 268 g/mol. The number of para-hydroxylation sites is 1. The maximum Gasteiger partial charge on any atom is 0.255 e. The van der Waals surface area contributed by atoms with Crippen molar-refractivity contribution in [1.82, 2.24) is 10.6 Å². The lowest BCUT2D eigenvalue weighted by Crippen LogP contribution is -2.36. The normalized spacial score (nSPS) is 20.5. The van der Waals surface area contributed by atoms with Crippen molar-refractivity contribution >= 4 is 18.3 Å². The SMILES string of the molecule is Cl.O=C(N[C@H]1CCNC1)c1cccc2c1OCCO2. The fraction of sp³-hybridized carbons (Fsp3) is 0.462. The molecule has 3 rings (SSSR count). The second-order valence-electron chi connectivity index (χ2n) is 4.49. The third-order valence-corrected chi connectivity index (χ3v) is 3.21. The van der Waals surface area contributed by atoms with Crippen LogP contribution in [0.15, 0.2) is 18.2 Å². The minimum atomic E-state index is -0.0916. The van der Waals surface area contributed by atoms with Crippen molar-refractivity contribution in [1.29, 1.82) is 0 Å². The molecule has 2 N–H and O–H groups in total. The Hall–Kier alpha value is -1.46. The number of ether oxygens (including phenoxy) is 2. The van der Waals surface area contributed by atoms with Gasteiger partial charge < -0.3 is 20.1 Å². The highest BCUT2D eigenvalue weighted by atomic mass is 35.5. The van der Waals surface area contributed by atoms with Crippen molar-refractivity contribution in [2.45, 2.75) is 12.5 Å². The minimum Gasteiger partial charge on any atom is -0.486 e. The summed E-state index contributed by atoms with van der Waals surface area (Å²) in [5, 5.41) is 6.23. The van der Waals surface area contributed by atoms with Crippen LogP contribution in [0.3, 0.4) is 0 Å². The summed E-state index contributed by atoms with van der Waals surface area (Å²) in [5.74, 6) is 1.12. The van der Waals surface area contributed by atoms with Crippen LogP contribution in [0.2, 0.25) is 0 Å². The Morgan fingerprint density at radius 2 is 2.16 bits per heavy atom. The van der Waals surface area contributed by atoms with E-state index in [1.165, 1.54) is 0 Å². The molecule has 1 aromatic carbocycles. The zero-order valence-corrected chi connectivity index (χ0v) is 11.3. The van der Waals surface area contributed by atoms with Crippen LogP contribution in [0.1, 0.15) is 16.8 Å². The molecule has 0 bridgehead atoms. The van der Waals surface area contributed by atoms with E-state index >= 15 is 0 Å². The highest BCUT2D eigenvalue weighted by molar-refractivity contribution is 5.98. The molecule has 0 saturated carbocycles. The van der Waals surface area contributed by atoms with E-state index in [-0.39, 0.29) is 24.4 Å². The van der Waals surface area contributed by atoms with E-state index in [9.17, 15) is 4.79 Å². The van der Waals surface area contributed by atoms with Crippen molar-refractivity contribution in [2.75, 3.05) is 26.3 Å². The zero-order chi connectivity index (χ0) is 12.4. The highest BCUT2D eigenvalue weighted by Crippen LogP contribution is 2.33. The van der Waals surface area contributed by atoms with Gasteiger partial charge in [0.05, 0.1) is 5.56 Å². The average Bonchev–Trinajstić information content (AvgIpc) is 2.91. The van der Waals surface area contributed by atoms with Crippen molar-refractivity contribution in [3.8, 4) is 11.5 Å². The molecule has 0 unspecified atom stereocenters. The molecule has 0 aromatic heterocycles. The average molecular weight is 285 g/mol. The van der Waals surface area contributed by atoms with Gasteiger partial charge in [-0.1, -0.05) is 6.07 Å². The van der Waals surface area contributed by atoms with Crippen LogP contribution in [0.5, 0.6) is 11.5 Å². The van der Waals surface area contributed by atoms with Gasteiger partial charge in [-0.05, 0) is 25.1 Å². The van der Waals surface area contributed by atoms with Gasteiger partial charge in [0, 0.05) is 12.6 Å². The van der Waals surface area contributed by atoms with Gasteiger partial charge in [0.25, 0.3) is 5.91 Å². The summed E-state index contributed by atoms with van der Waals surface area (Å²) in [5.41, 5.74) is 0.555. The van der Waals surface area contributed by atoms with Crippen molar-refractivity contribution in [2.24, 2.45) is 0 Å². The van der Waals surface area contributed by atoms with Gasteiger partial charge in [-0.3, -0.25) is 4.79 Å². The van der Waals surface area contributed by atoms with Crippen LogP contribution in [-0.4, -0.2) is 38.3 Å². The van der Waals surface area contributed by atoms with Crippen LogP contribution < -0.4 is 20.1 Å². The van der Waals surface area contributed by atoms with Crippen LogP contribution in [-0.2, 0) is 0 Å². The molecule has 6 heteroatoms. The van der Waals surface area contributed by atoms with E-state index in [1.54, 1.807) is 6.07 Å². The monoisotopic (exact) mass is 284 g/mol. The summed E-state index contributed by atoms with van der Waals surface area (Å²) in [6.45, 7) is 2.81. The molecule has 5 nitrogen and oxygen atoms in total. The number of amides is 1. The zero-order valence-electron chi connectivity index (χ0n) is 10.5. The molecule has 1 saturated heterocycles. The first-order valence-electron chi connectivity index (χ1n) is 6.25. The molecular formula is C13H17ClN2O3. The van der Waals surface area contributed by atoms with E-state index < -0.39 is 0 Å². The Morgan fingerprint density at radius 3 is 2.95 bits per heavy atom. The second-order valence-corrected chi connectivity index (χ2v) is 4.49. The Balaban J connectivity index is 0.00000133. The number of rotatable bonds is 2. The molecule has 1 aromatic rings. The molecule has 2 aliphatic heterocycles. The third kappa shape index (κ3) is 2.93. The fourth-order valence-electron chi connectivity index (χ4n) is 2.29. The predicted molar refractivity (Wildman–Crippen MR) is 73.4 cm³/mol. The van der Waals surface area contributed by atoms with Gasteiger partial charge >= 0.3 is 0 Å². The smallest absolute Gasteiger partial charge is 0.255 e. The van der Waals surface area contributed by atoms with Crippen LogP contribution >= 0.6 is 12.4 Å². The number of hydrogen-bond acceptors (Lipinski definition) is 4. The molecule has 1 fully saturated rings. The van der Waals surface area contributed by atoms with Crippen molar-refractivity contribution in [3.05, 3.63) is 23.8 Å². The predicted octanol–water partition coefficient (Wildman–Crippen LogP) is 0.971.